The van der Waals surface area contributed by atoms with Crippen molar-refractivity contribution >= 4 is 0 Å². The van der Waals surface area contributed by atoms with E-state index < -0.39 is 6.36 Å². The van der Waals surface area contributed by atoms with Crippen molar-refractivity contribution < 1.29 is 17.9 Å². The third-order valence-corrected chi connectivity index (χ3v) is 2.10. The van der Waals surface area contributed by atoms with Gasteiger partial charge in [0.15, 0.2) is 0 Å². The van der Waals surface area contributed by atoms with Crippen molar-refractivity contribution in [2.24, 2.45) is 5.73 Å². The monoisotopic (exact) mass is 257 g/mol. The van der Waals surface area contributed by atoms with Crippen LogP contribution in [0, 0.1) is 11.8 Å². The lowest BCUT2D eigenvalue weighted by atomic mass is 10.1. The molecule has 0 bridgehead atoms. The molecule has 18 heavy (non-hydrogen) atoms. The lowest BCUT2D eigenvalue weighted by Gasteiger charge is -2.10. The van der Waals surface area contributed by atoms with E-state index in [9.17, 15) is 13.2 Å². The Morgan fingerprint density at radius 2 is 2.00 bits per heavy atom. The first-order valence-electron chi connectivity index (χ1n) is 5.54. The van der Waals surface area contributed by atoms with Crippen LogP contribution in [0.4, 0.5) is 13.2 Å². The molecular weight excluding hydrogens is 243 g/mol. The number of rotatable bonds is 3. The molecule has 0 saturated carbocycles. The molecule has 0 saturated heterocycles. The highest BCUT2D eigenvalue weighted by Gasteiger charge is 2.31. The Kier molecular flexibility index (Phi) is 5.05. The van der Waals surface area contributed by atoms with Crippen molar-refractivity contribution in [2.75, 3.05) is 0 Å². The highest BCUT2D eigenvalue weighted by Crippen LogP contribution is 2.25. The maximum Gasteiger partial charge on any atom is 0.573 e. The van der Waals surface area contributed by atoms with E-state index in [-0.39, 0.29) is 17.4 Å². The van der Waals surface area contributed by atoms with Crippen molar-refractivity contribution in [2.45, 2.75) is 32.2 Å². The summed E-state index contributed by atoms with van der Waals surface area (Å²) in [6.45, 7) is 1.96. The molecule has 0 aliphatic rings. The van der Waals surface area contributed by atoms with Gasteiger partial charge in [-0.3, -0.25) is 0 Å². The van der Waals surface area contributed by atoms with Gasteiger partial charge in [0.1, 0.15) is 5.75 Å². The lowest BCUT2D eigenvalue weighted by molar-refractivity contribution is -0.274. The van der Waals surface area contributed by atoms with E-state index in [1.807, 2.05) is 6.92 Å². The van der Waals surface area contributed by atoms with Gasteiger partial charge in [0.2, 0.25) is 0 Å². The molecule has 0 fully saturated rings. The van der Waals surface area contributed by atoms with Gasteiger partial charge in [-0.25, -0.2) is 0 Å². The second-order valence-electron chi connectivity index (χ2n) is 3.71. The zero-order valence-electron chi connectivity index (χ0n) is 9.92. The van der Waals surface area contributed by atoms with Crippen LogP contribution in [-0.4, -0.2) is 12.4 Å². The predicted octanol–water partition coefficient (Wildman–Crippen LogP) is 3.06. The Labute approximate surface area is 104 Å². The molecule has 0 amide bonds. The van der Waals surface area contributed by atoms with Crippen molar-refractivity contribution in [1.82, 2.24) is 0 Å². The molecule has 1 aromatic carbocycles. The van der Waals surface area contributed by atoms with Gasteiger partial charge in [-0.15, -0.1) is 13.2 Å². The second kappa shape index (κ2) is 6.31. The van der Waals surface area contributed by atoms with Crippen molar-refractivity contribution in [3.8, 4) is 17.6 Å². The van der Waals surface area contributed by atoms with Crippen LogP contribution < -0.4 is 10.5 Å². The number of hydrogen-bond donors (Lipinski definition) is 1. The van der Waals surface area contributed by atoms with Gasteiger partial charge in [0.05, 0.1) is 11.6 Å². The summed E-state index contributed by atoms with van der Waals surface area (Å²) in [6, 6.07) is 5.40. The summed E-state index contributed by atoms with van der Waals surface area (Å²) in [5, 5.41) is 0. The largest absolute Gasteiger partial charge is 0.573 e. The highest BCUT2D eigenvalue weighted by molar-refractivity contribution is 5.46. The van der Waals surface area contributed by atoms with Crippen LogP contribution in [0.3, 0.4) is 0 Å². The summed E-state index contributed by atoms with van der Waals surface area (Å²) in [5.74, 6) is 5.02. The molecule has 1 atom stereocenters. The second-order valence-corrected chi connectivity index (χ2v) is 3.71. The molecule has 1 unspecified atom stereocenters. The molecule has 2 N–H and O–H groups in total. The van der Waals surface area contributed by atoms with E-state index in [1.54, 1.807) is 6.07 Å². The van der Waals surface area contributed by atoms with Crippen LogP contribution in [0.15, 0.2) is 24.3 Å². The molecular formula is C13H14F3NO. The Hall–Kier alpha value is -1.67. The molecule has 0 aromatic heterocycles. The SMILES string of the molecule is CCCC(N)C#Cc1ccccc1OC(F)(F)F. The fourth-order valence-corrected chi connectivity index (χ4v) is 1.34. The van der Waals surface area contributed by atoms with E-state index in [0.717, 1.165) is 6.42 Å². The van der Waals surface area contributed by atoms with Gasteiger partial charge in [-0.2, -0.15) is 0 Å². The third kappa shape index (κ3) is 5.11. The number of alkyl halides is 3. The summed E-state index contributed by atoms with van der Waals surface area (Å²) in [7, 11) is 0. The zero-order chi connectivity index (χ0) is 13.6. The third-order valence-electron chi connectivity index (χ3n) is 2.10. The number of nitrogens with two attached hydrogens (primary N) is 1. The minimum absolute atomic E-state index is 0.182. The number of hydrogen-bond acceptors (Lipinski definition) is 2. The molecule has 0 aliphatic carbocycles. The van der Waals surface area contributed by atoms with E-state index >= 15 is 0 Å². The van der Waals surface area contributed by atoms with Crippen LogP contribution in [-0.2, 0) is 0 Å². The topological polar surface area (TPSA) is 35.2 Å². The molecule has 0 spiro atoms. The minimum atomic E-state index is -4.72. The maximum absolute atomic E-state index is 12.1. The van der Waals surface area contributed by atoms with Crippen molar-refractivity contribution in [3.63, 3.8) is 0 Å². The normalized spacial score (nSPS) is 12.5. The summed E-state index contributed by atoms with van der Waals surface area (Å²) in [5.41, 5.74) is 5.85. The Morgan fingerprint density at radius 1 is 1.33 bits per heavy atom. The minimum Gasteiger partial charge on any atom is -0.404 e. The van der Waals surface area contributed by atoms with E-state index in [4.69, 9.17) is 5.73 Å². The van der Waals surface area contributed by atoms with Crippen molar-refractivity contribution in [1.29, 1.82) is 0 Å². The Morgan fingerprint density at radius 3 is 2.61 bits per heavy atom. The van der Waals surface area contributed by atoms with Gasteiger partial charge in [-0.1, -0.05) is 37.3 Å². The fourth-order valence-electron chi connectivity index (χ4n) is 1.34. The van der Waals surface area contributed by atoms with Crippen molar-refractivity contribution in [3.05, 3.63) is 29.8 Å². The quantitative estimate of drug-likeness (QED) is 0.845. The fraction of sp³-hybridized carbons (Fsp3) is 0.385. The molecule has 0 heterocycles. The Bertz CT molecular complexity index is 446. The van der Waals surface area contributed by atoms with Gasteiger partial charge in [0.25, 0.3) is 0 Å². The number of benzene rings is 1. The first-order valence-corrected chi connectivity index (χ1v) is 5.54. The average molecular weight is 257 g/mol. The van der Waals surface area contributed by atoms with Crippen LogP contribution in [0.2, 0.25) is 0 Å². The standard InChI is InChI=1S/C13H14F3NO/c1-2-5-11(17)9-8-10-6-3-4-7-12(10)18-13(14,15)16/h3-4,6-7,11H,2,5,17H2,1H3. The molecule has 5 heteroatoms. The van der Waals surface area contributed by atoms with Gasteiger partial charge >= 0.3 is 6.36 Å². The van der Waals surface area contributed by atoms with E-state index in [2.05, 4.69) is 16.6 Å². The summed E-state index contributed by atoms with van der Waals surface area (Å²) < 4.78 is 40.3. The summed E-state index contributed by atoms with van der Waals surface area (Å²) >= 11 is 0. The molecule has 0 aliphatic heterocycles. The Balaban J connectivity index is 2.89. The summed E-state index contributed by atoms with van der Waals surface area (Å²) in [4.78, 5) is 0. The molecule has 98 valence electrons. The predicted molar refractivity (Wildman–Crippen MR) is 62.9 cm³/mol. The van der Waals surface area contributed by atoms with Crippen LogP contribution in [0.5, 0.6) is 5.75 Å². The number of ether oxygens (including phenoxy) is 1. The van der Waals surface area contributed by atoms with E-state index in [1.165, 1.54) is 18.2 Å². The molecule has 1 aromatic rings. The molecule has 0 radical (unpaired) electrons. The van der Waals surface area contributed by atoms with Gasteiger partial charge < -0.3 is 10.5 Å². The van der Waals surface area contributed by atoms with Gasteiger partial charge in [-0.05, 0) is 18.6 Å². The number of para-hydroxylation sites is 1. The summed E-state index contributed by atoms with van der Waals surface area (Å²) in [6.07, 6.45) is -3.14. The first kappa shape index (κ1) is 14.4. The van der Waals surface area contributed by atoms with Crippen LogP contribution in [0.1, 0.15) is 25.3 Å². The molecule has 1 rings (SSSR count). The average Bonchev–Trinajstić information content (AvgIpc) is 2.26. The zero-order valence-corrected chi connectivity index (χ0v) is 9.92. The molecule has 2 nitrogen and oxygen atoms in total. The van der Waals surface area contributed by atoms with Crippen LogP contribution >= 0.6 is 0 Å². The first-order chi connectivity index (χ1) is 8.42. The van der Waals surface area contributed by atoms with Gasteiger partial charge in [0, 0.05) is 0 Å². The van der Waals surface area contributed by atoms with E-state index in [0.29, 0.717) is 6.42 Å². The van der Waals surface area contributed by atoms with Crippen LogP contribution in [0.25, 0.3) is 0 Å². The maximum atomic E-state index is 12.1. The smallest absolute Gasteiger partial charge is 0.404 e. The highest BCUT2D eigenvalue weighted by atomic mass is 19.4. The number of halogens is 3. The lowest BCUT2D eigenvalue weighted by Crippen LogP contribution is -2.18.